The molecule has 6 aromatic carbocycles. The molecule has 6 aromatic rings. The zero-order chi connectivity index (χ0) is 30.5. The van der Waals surface area contributed by atoms with Gasteiger partial charge in [0.05, 0.1) is 11.0 Å². The summed E-state index contributed by atoms with van der Waals surface area (Å²) in [6, 6.07) is 20.6. The molecular formula is C35H26. The fourth-order valence-electron chi connectivity index (χ4n) is 5.67. The standard InChI is InChI=1S/C35H26/c1-35(2)31-19-11-10-14-25(31)26-21-20-24(22-32(26)35)34-29-17-8-6-15-27(29)33(23-12-4-3-5-13-23)28-16-7-9-18-30(28)34/h3-22H,1-2H3/i6D,7D,8D,9D,15D,16D,17D,18D. The lowest BCUT2D eigenvalue weighted by Gasteiger charge is -2.23. The summed E-state index contributed by atoms with van der Waals surface area (Å²) >= 11 is 0. The molecular weight excluding hydrogens is 420 g/mol. The minimum Gasteiger partial charge on any atom is -0.0622 e. The highest BCUT2D eigenvalue weighted by Crippen LogP contribution is 2.51. The van der Waals surface area contributed by atoms with Crippen LogP contribution in [0.5, 0.6) is 0 Å². The van der Waals surface area contributed by atoms with Crippen LogP contribution >= 0.6 is 0 Å². The van der Waals surface area contributed by atoms with E-state index in [0.717, 1.165) is 16.7 Å². The fourth-order valence-corrected chi connectivity index (χ4v) is 5.67. The third kappa shape index (κ3) is 2.87. The maximum absolute atomic E-state index is 9.12. The second kappa shape index (κ2) is 7.42. The van der Waals surface area contributed by atoms with E-state index in [1.54, 1.807) is 24.3 Å². The van der Waals surface area contributed by atoms with Gasteiger partial charge < -0.3 is 0 Å². The fraction of sp³-hybridized carbons (Fsp3) is 0.0857. The van der Waals surface area contributed by atoms with Crippen molar-refractivity contribution in [2.24, 2.45) is 0 Å². The van der Waals surface area contributed by atoms with Crippen molar-refractivity contribution in [1.29, 1.82) is 0 Å². The van der Waals surface area contributed by atoms with Gasteiger partial charge in [0, 0.05) is 5.41 Å². The Kier molecular flexibility index (Phi) is 2.89. The average molecular weight is 455 g/mol. The molecule has 0 heteroatoms. The van der Waals surface area contributed by atoms with Gasteiger partial charge in [-0.25, -0.2) is 0 Å². The molecule has 0 N–H and O–H groups in total. The molecule has 0 nitrogen and oxygen atoms in total. The molecule has 0 aliphatic heterocycles. The van der Waals surface area contributed by atoms with Crippen molar-refractivity contribution in [2.45, 2.75) is 19.3 Å². The lowest BCUT2D eigenvalue weighted by molar-refractivity contribution is 0.660. The Morgan fingerprint density at radius 2 is 1.03 bits per heavy atom. The number of rotatable bonds is 2. The molecule has 1 aliphatic carbocycles. The van der Waals surface area contributed by atoms with Gasteiger partial charge in [0.2, 0.25) is 0 Å². The van der Waals surface area contributed by atoms with E-state index in [4.69, 9.17) is 11.0 Å². The zero-order valence-corrected chi connectivity index (χ0v) is 19.4. The smallest absolute Gasteiger partial charge is 0.0622 e. The van der Waals surface area contributed by atoms with Crippen molar-refractivity contribution in [2.75, 3.05) is 0 Å². The van der Waals surface area contributed by atoms with Gasteiger partial charge >= 0.3 is 0 Å². The van der Waals surface area contributed by atoms with Crippen molar-refractivity contribution in [3.63, 3.8) is 0 Å². The second-order valence-electron chi connectivity index (χ2n) is 9.55. The highest BCUT2D eigenvalue weighted by Gasteiger charge is 2.35. The summed E-state index contributed by atoms with van der Waals surface area (Å²) < 4.78 is 70.7. The molecule has 0 saturated heterocycles. The summed E-state index contributed by atoms with van der Waals surface area (Å²) in [5.74, 6) is 0. The predicted molar refractivity (Wildman–Crippen MR) is 150 cm³/mol. The Morgan fingerprint density at radius 1 is 0.514 bits per heavy atom. The summed E-state index contributed by atoms with van der Waals surface area (Å²) in [4.78, 5) is 0. The van der Waals surface area contributed by atoms with Crippen molar-refractivity contribution < 1.29 is 11.0 Å². The summed E-state index contributed by atoms with van der Waals surface area (Å²) in [6.07, 6.45) is 0. The van der Waals surface area contributed by atoms with Crippen LogP contribution < -0.4 is 0 Å². The maximum atomic E-state index is 9.12. The third-order valence-corrected chi connectivity index (χ3v) is 7.31. The Balaban J connectivity index is 1.75. The normalized spacial score (nSPS) is 16.9. The molecule has 0 aromatic heterocycles. The van der Waals surface area contributed by atoms with Crippen LogP contribution in [0.1, 0.15) is 35.9 Å². The van der Waals surface area contributed by atoms with Crippen LogP contribution in [0.4, 0.5) is 0 Å². The van der Waals surface area contributed by atoms with Crippen molar-refractivity contribution in [1.82, 2.24) is 0 Å². The van der Waals surface area contributed by atoms with Crippen LogP contribution in [0.3, 0.4) is 0 Å². The van der Waals surface area contributed by atoms with E-state index in [1.165, 1.54) is 5.56 Å². The van der Waals surface area contributed by atoms with E-state index in [2.05, 4.69) is 26.0 Å². The van der Waals surface area contributed by atoms with Gasteiger partial charge in [-0.2, -0.15) is 0 Å². The quantitative estimate of drug-likeness (QED) is 0.228. The van der Waals surface area contributed by atoms with Gasteiger partial charge in [0.15, 0.2) is 0 Å². The first kappa shape index (κ1) is 13.7. The molecule has 0 spiro atoms. The average Bonchev–Trinajstić information content (AvgIpc) is 3.25. The lowest BCUT2D eigenvalue weighted by Crippen LogP contribution is -2.14. The molecule has 0 fully saturated rings. The SMILES string of the molecule is [2H]c1c([2H])c([2H])c2c(-c3ccc4c(c3)C(C)(C)c3ccccc3-4)c3c([2H])c([2H])c([2H])c([2H])c3c(-c3ccccc3)c2c1[2H]. The van der Waals surface area contributed by atoms with Crippen molar-refractivity contribution in [3.8, 4) is 33.4 Å². The Hall–Kier alpha value is -4.16. The highest BCUT2D eigenvalue weighted by atomic mass is 14.4. The van der Waals surface area contributed by atoms with Crippen LogP contribution in [0, 0.1) is 0 Å². The van der Waals surface area contributed by atoms with Gasteiger partial charge in [-0.1, -0.05) is 129 Å². The number of hydrogen-bond donors (Lipinski definition) is 0. The molecule has 35 heavy (non-hydrogen) atoms. The maximum Gasteiger partial charge on any atom is 0.0629 e. The second-order valence-corrected chi connectivity index (χ2v) is 9.55. The van der Waals surface area contributed by atoms with E-state index < -0.39 is 24.2 Å². The van der Waals surface area contributed by atoms with Crippen molar-refractivity contribution >= 4 is 21.5 Å². The van der Waals surface area contributed by atoms with Gasteiger partial charge in [0.25, 0.3) is 0 Å². The summed E-state index contributed by atoms with van der Waals surface area (Å²) in [6.45, 7) is 4.29. The van der Waals surface area contributed by atoms with Crippen molar-refractivity contribution in [3.05, 3.63) is 132 Å². The topological polar surface area (TPSA) is 0 Å². The molecule has 0 saturated carbocycles. The van der Waals surface area contributed by atoms with Gasteiger partial charge in [-0.05, 0) is 72.1 Å². The minimum atomic E-state index is -0.397. The van der Waals surface area contributed by atoms with E-state index in [9.17, 15) is 0 Å². The predicted octanol–water partition coefficient (Wildman–Crippen LogP) is 9.63. The Bertz CT molecular complexity index is 2100. The van der Waals surface area contributed by atoms with Crippen LogP contribution in [0.25, 0.3) is 54.9 Å². The van der Waals surface area contributed by atoms with Crippen LogP contribution in [-0.4, -0.2) is 0 Å². The molecule has 166 valence electrons. The summed E-state index contributed by atoms with van der Waals surface area (Å²) in [5.41, 5.74) is 6.04. The van der Waals surface area contributed by atoms with Crippen LogP contribution in [-0.2, 0) is 5.41 Å². The zero-order valence-electron chi connectivity index (χ0n) is 27.4. The molecule has 0 unspecified atom stereocenters. The van der Waals surface area contributed by atoms with Gasteiger partial charge in [-0.15, -0.1) is 0 Å². The Labute approximate surface area is 217 Å². The molecule has 0 radical (unpaired) electrons. The lowest BCUT2D eigenvalue weighted by atomic mass is 9.80. The van der Waals surface area contributed by atoms with Gasteiger partial charge in [-0.3, -0.25) is 0 Å². The molecule has 7 rings (SSSR count). The number of benzene rings is 6. The molecule has 1 aliphatic rings. The first-order chi connectivity index (χ1) is 20.5. The minimum absolute atomic E-state index is 0.229. The number of hydrogen-bond acceptors (Lipinski definition) is 0. The highest BCUT2D eigenvalue weighted by molar-refractivity contribution is 6.21. The van der Waals surface area contributed by atoms with Crippen LogP contribution in [0.15, 0.2) is 121 Å². The Morgan fingerprint density at radius 3 is 1.66 bits per heavy atom. The first-order valence-electron chi connectivity index (χ1n) is 15.7. The van der Waals surface area contributed by atoms with E-state index in [0.29, 0.717) is 22.3 Å². The third-order valence-electron chi connectivity index (χ3n) is 7.31. The number of fused-ring (bicyclic) bond motifs is 5. The van der Waals surface area contributed by atoms with Crippen LogP contribution in [0.2, 0.25) is 0 Å². The van der Waals surface area contributed by atoms with E-state index in [-0.39, 0.29) is 51.1 Å². The first-order valence-corrected chi connectivity index (χ1v) is 11.7. The molecule has 0 heterocycles. The molecule has 0 atom stereocenters. The van der Waals surface area contributed by atoms with E-state index >= 15 is 0 Å². The molecule has 0 bridgehead atoms. The van der Waals surface area contributed by atoms with Gasteiger partial charge in [0.1, 0.15) is 0 Å². The molecule has 0 amide bonds. The monoisotopic (exact) mass is 454 g/mol. The van der Waals surface area contributed by atoms with E-state index in [1.807, 2.05) is 36.4 Å². The summed E-state index contributed by atoms with van der Waals surface area (Å²) in [5, 5.41) is 0.923. The largest absolute Gasteiger partial charge is 0.0629 e. The summed E-state index contributed by atoms with van der Waals surface area (Å²) in [7, 11) is 0.